The Hall–Kier alpha value is -1.69. The zero-order valence-corrected chi connectivity index (χ0v) is 9.49. The Bertz CT molecular complexity index is 473. The van der Waals surface area contributed by atoms with Gasteiger partial charge in [0.05, 0.1) is 17.4 Å². The van der Waals surface area contributed by atoms with Gasteiger partial charge in [0.25, 0.3) is 0 Å². The lowest BCUT2D eigenvalue weighted by Gasteiger charge is -2.31. The van der Waals surface area contributed by atoms with E-state index < -0.39 is 23.2 Å². The summed E-state index contributed by atoms with van der Waals surface area (Å²) in [4.78, 5) is 10.6. The number of carboxylic acid groups (broad SMARTS) is 1. The maximum atomic E-state index is 13.5. The van der Waals surface area contributed by atoms with Gasteiger partial charge in [0, 0.05) is 6.54 Å². The van der Waals surface area contributed by atoms with Crippen molar-refractivity contribution in [1.82, 2.24) is 0 Å². The van der Waals surface area contributed by atoms with Crippen LogP contribution < -0.4 is 5.32 Å². The predicted octanol–water partition coefficient (Wildman–Crippen LogP) is 1.85. The monoisotopic (exact) mass is 257 g/mol. The molecule has 3 N–H and O–H groups in total. The highest BCUT2D eigenvalue weighted by molar-refractivity contribution is 5.88. The van der Waals surface area contributed by atoms with E-state index in [0.29, 0.717) is 19.4 Å². The van der Waals surface area contributed by atoms with Gasteiger partial charge in [0.15, 0.2) is 11.6 Å². The predicted molar refractivity (Wildman–Crippen MR) is 60.5 cm³/mol. The summed E-state index contributed by atoms with van der Waals surface area (Å²) in [6.07, 6.45) is 0.988. The fraction of sp³-hybridized carbons (Fsp3) is 0.417. The normalized spacial score (nSPS) is 22.4. The number of hydrogen-bond acceptors (Lipinski definition) is 3. The quantitative estimate of drug-likeness (QED) is 0.769. The molecule has 1 aromatic rings. The molecule has 18 heavy (non-hydrogen) atoms. The molecule has 0 amide bonds. The van der Waals surface area contributed by atoms with Crippen molar-refractivity contribution in [2.24, 2.45) is 5.92 Å². The Balaban J connectivity index is 2.05. The summed E-state index contributed by atoms with van der Waals surface area (Å²) in [6, 6.07) is 2.23. The van der Waals surface area contributed by atoms with Gasteiger partial charge in [-0.15, -0.1) is 0 Å². The first-order valence-electron chi connectivity index (χ1n) is 5.62. The molecule has 0 unspecified atom stereocenters. The van der Waals surface area contributed by atoms with Gasteiger partial charge < -0.3 is 15.5 Å². The molecule has 0 spiro atoms. The van der Waals surface area contributed by atoms with Crippen molar-refractivity contribution < 1.29 is 23.8 Å². The Labute approximate surface area is 102 Å². The molecule has 98 valence electrons. The number of aromatic carboxylic acids is 1. The number of hydrogen-bond donors (Lipinski definition) is 3. The van der Waals surface area contributed by atoms with Crippen LogP contribution in [0.2, 0.25) is 0 Å². The molecule has 0 heterocycles. The van der Waals surface area contributed by atoms with Gasteiger partial charge in [-0.1, -0.05) is 0 Å². The molecule has 4 nitrogen and oxygen atoms in total. The molecule has 1 saturated carbocycles. The molecule has 0 bridgehead atoms. The molecule has 0 saturated heterocycles. The summed E-state index contributed by atoms with van der Waals surface area (Å²) in [5.41, 5.74) is -0.740. The van der Waals surface area contributed by atoms with E-state index in [-0.39, 0.29) is 17.7 Å². The van der Waals surface area contributed by atoms with Crippen LogP contribution in [0.15, 0.2) is 12.1 Å². The molecule has 6 heteroatoms. The van der Waals surface area contributed by atoms with Gasteiger partial charge in [-0.25, -0.2) is 13.6 Å². The molecule has 1 aliphatic carbocycles. The maximum absolute atomic E-state index is 13.5. The van der Waals surface area contributed by atoms with Crippen molar-refractivity contribution in [3.63, 3.8) is 0 Å². The average molecular weight is 257 g/mol. The van der Waals surface area contributed by atoms with Crippen LogP contribution in [-0.4, -0.2) is 28.8 Å². The van der Waals surface area contributed by atoms with E-state index in [4.69, 9.17) is 10.2 Å². The van der Waals surface area contributed by atoms with Crippen molar-refractivity contribution in [2.45, 2.75) is 18.9 Å². The minimum atomic E-state index is -1.50. The summed E-state index contributed by atoms with van der Waals surface area (Å²) in [5, 5.41) is 20.4. The number of rotatable bonds is 4. The second-order valence-electron chi connectivity index (χ2n) is 4.47. The molecule has 0 aliphatic heterocycles. The van der Waals surface area contributed by atoms with E-state index in [2.05, 4.69) is 5.32 Å². The van der Waals surface area contributed by atoms with Gasteiger partial charge in [0.2, 0.25) is 0 Å². The Morgan fingerprint density at radius 3 is 2.56 bits per heavy atom. The molecular formula is C12H13F2NO3. The molecule has 1 fully saturated rings. The minimum absolute atomic E-state index is 0.0566. The standard InChI is InChI=1S/C12H13F2NO3/c13-10-8(12(17)18)1-2-9(11(10)14)15-5-6-3-7(16)4-6/h1-2,6-7,15-16H,3-5H2,(H,17,18). The highest BCUT2D eigenvalue weighted by atomic mass is 19.2. The molecule has 0 radical (unpaired) electrons. The van der Waals surface area contributed by atoms with E-state index in [1.54, 1.807) is 0 Å². The number of benzene rings is 1. The maximum Gasteiger partial charge on any atom is 0.338 e. The van der Waals surface area contributed by atoms with Crippen molar-refractivity contribution in [2.75, 3.05) is 11.9 Å². The van der Waals surface area contributed by atoms with Gasteiger partial charge >= 0.3 is 5.97 Å². The zero-order chi connectivity index (χ0) is 13.3. The lowest BCUT2D eigenvalue weighted by Crippen LogP contribution is -2.33. The Kier molecular flexibility index (Phi) is 3.47. The Morgan fingerprint density at radius 1 is 1.33 bits per heavy atom. The first kappa shape index (κ1) is 12.8. The van der Waals surface area contributed by atoms with Crippen LogP contribution in [0.4, 0.5) is 14.5 Å². The largest absolute Gasteiger partial charge is 0.478 e. The SMILES string of the molecule is O=C(O)c1ccc(NCC2CC(O)C2)c(F)c1F. The highest BCUT2D eigenvalue weighted by Crippen LogP contribution is 2.28. The second-order valence-corrected chi connectivity index (χ2v) is 4.47. The lowest BCUT2D eigenvalue weighted by molar-refractivity contribution is 0.0486. The zero-order valence-electron chi connectivity index (χ0n) is 9.49. The summed E-state index contributed by atoms with van der Waals surface area (Å²) in [6.45, 7) is 0.430. The summed E-state index contributed by atoms with van der Waals surface area (Å²) >= 11 is 0. The molecule has 0 atom stereocenters. The third-order valence-electron chi connectivity index (χ3n) is 3.10. The molecule has 1 aromatic carbocycles. The van der Waals surface area contributed by atoms with E-state index in [1.807, 2.05) is 0 Å². The average Bonchev–Trinajstić information content (AvgIpc) is 2.27. The van der Waals surface area contributed by atoms with E-state index >= 15 is 0 Å². The summed E-state index contributed by atoms with van der Waals surface area (Å²) < 4.78 is 26.9. The number of carbonyl (C=O) groups is 1. The lowest BCUT2D eigenvalue weighted by atomic mass is 9.82. The number of aliphatic hydroxyl groups is 1. The van der Waals surface area contributed by atoms with Crippen molar-refractivity contribution in [1.29, 1.82) is 0 Å². The van der Waals surface area contributed by atoms with E-state index in [9.17, 15) is 13.6 Å². The minimum Gasteiger partial charge on any atom is -0.478 e. The van der Waals surface area contributed by atoms with Crippen LogP contribution in [-0.2, 0) is 0 Å². The number of nitrogens with one attached hydrogen (secondary N) is 1. The van der Waals surface area contributed by atoms with Crippen molar-refractivity contribution in [3.05, 3.63) is 29.3 Å². The second kappa shape index (κ2) is 4.89. The van der Waals surface area contributed by atoms with Crippen LogP contribution >= 0.6 is 0 Å². The number of halogens is 2. The Morgan fingerprint density at radius 2 is 2.00 bits per heavy atom. The number of carboxylic acids is 1. The molecule has 1 aliphatic rings. The van der Waals surface area contributed by atoms with Crippen molar-refractivity contribution in [3.8, 4) is 0 Å². The third kappa shape index (κ3) is 2.43. The molecule has 2 rings (SSSR count). The molecular weight excluding hydrogens is 244 g/mol. The number of aliphatic hydroxyl groups excluding tert-OH is 1. The van der Waals surface area contributed by atoms with Gasteiger partial charge in [-0.05, 0) is 30.9 Å². The fourth-order valence-corrected chi connectivity index (χ4v) is 1.97. The highest BCUT2D eigenvalue weighted by Gasteiger charge is 2.27. The molecule has 0 aromatic heterocycles. The van der Waals surface area contributed by atoms with Crippen molar-refractivity contribution >= 4 is 11.7 Å². The summed E-state index contributed by atoms with van der Waals surface area (Å²) in [7, 11) is 0. The first-order valence-corrected chi connectivity index (χ1v) is 5.62. The number of anilines is 1. The van der Waals surface area contributed by atoms with Crippen LogP contribution in [0.1, 0.15) is 23.2 Å². The topological polar surface area (TPSA) is 69.6 Å². The third-order valence-corrected chi connectivity index (χ3v) is 3.10. The first-order chi connectivity index (χ1) is 8.49. The smallest absolute Gasteiger partial charge is 0.338 e. The van der Waals surface area contributed by atoms with Gasteiger partial charge in [-0.3, -0.25) is 0 Å². The van der Waals surface area contributed by atoms with Crippen LogP contribution in [0.3, 0.4) is 0 Å². The van der Waals surface area contributed by atoms with Crippen LogP contribution in [0, 0.1) is 17.6 Å². The van der Waals surface area contributed by atoms with Gasteiger partial charge in [0.1, 0.15) is 0 Å². The van der Waals surface area contributed by atoms with Crippen LogP contribution in [0.5, 0.6) is 0 Å². The summed E-state index contributed by atoms with van der Waals surface area (Å²) in [5.74, 6) is -3.81. The van der Waals surface area contributed by atoms with Crippen LogP contribution in [0.25, 0.3) is 0 Å². The van der Waals surface area contributed by atoms with Gasteiger partial charge in [-0.2, -0.15) is 0 Å². The van der Waals surface area contributed by atoms with E-state index in [0.717, 1.165) is 6.07 Å². The fourth-order valence-electron chi connectivity index (χ4n) is 1.97. The van der Waals surface area contributed by atoms with E-state index in [1.165, 1.54) is 6.07 Å².